The van der Waals surface area contributed by atoms with E-state index in [1.807, 2.05) is 0 Å². The summed E-state index contributed by atoms with van der Waals surface area (Å²) in [6.07, 6.45) is 0. The maximum absolute atomic E-state index is 11.4. The fourth-order valence-electron chi connectivity index (χ4n) is 1.76. The highest BCUT2D eigenvalue weighted by Crippen LogP contribution is 2.24. The standard InChI is InChI=1S/C13H16N2O5/c1-7(2)12(13(17)18)14-9-4-5-11(15(19)20)10(6-9)8(3)16/h4-7,12,14H,1-3H3,(H,17,18)/t12-/m1/s1. The lowest BCUT2D eigenvalue weighted by molar-refractivity contribution is -0.385. The van der Waals surface area contributed by atoms with Crippen LogP contribution in [0.5, 0.6) is 0 Å². The molecule has 108 valence electrons. The van der Waals surface area contributed by atoms with Crippen molar-refractivity contribution in [2.75, 3.05) is 5.32 Å². The average molecular weight is 280 g/mol. The molecule has 0 aromatic heterocycles. The van der Waals surface area contributed by atoms with Crippen LogP contribution in [0.3, 0.4) is 0 Å². The number of aliphatic carboxylic acids is 1. The third-order valence-electron chi connectivity index (χ3n) is 2.83. The monoisotopic (exact) mass is 280 g/mol. The van der Waals surface area contributed by atoms with Crippen LogP contribution in [0, 0.1) is 16.0 Å². The first-order valence-electron chi connectivity index (χ1n) is 6.02. The molecule has 0 unspecified atom stereocenters. The number of carbonyl (C=O) groups excluding carboxylic acids is 1. The summed E-state index contributed by atoms with van der Waals surface area (Å²) in [6, 6.07) is 3.05. The highest BCUT2D eigenvalue weighted by molar-refractivity contribution is 5.99. The number of rotatable bonds is 6. The third-order valence-corrected chi connectivity index (χ3v) is 2.83. The summed E-state index contributed by atoms with van der Waals surface area (Å²) in [5.41, 5.74) is 0.0225. The van der Waals surface area contributed by atoms with Gasteiger partial charge in [-0.1, -0.05) is 13.8 Å². The number of nitro groups is 1. The minimum atomic E-state index is -1.03. The Morgan fingerprint density at radius 1 is 1.35 bits per heavy atom. The maximum Gasteiger partial charge on any atom is 0.326 e. The molecule has 1 aromatic rings. The number of carboxylic acids is 1. The highest BCUT2D eigenvalue weighted by atomic mass is 16.6. The van der Waals surface area contributed by atoms with E-state index in [0.29, 0.717) is 5.69 Å². The molecule has 0 fully saturated rings. The van der Waals surface area contributed by atoms with Gasteiger partial charge in [0.25, 0.3) is 5.69 Å². The second kappa shape index (κ2) is 6.14. The van der Waals surface area contributed by atoms with Crippen LogP contribution < -0.4 is 5.32 Å². The van der Waals surface area contributed by atoms with Crippen molar-refractivity contribution < 1.29 is 19.6 Å². The quantitative estimate of drug-likeness (QED) is 0.470. The minimum absolute atomic E-state index is 0.0482. The Labute approximate surface area is 115 Å². The molecule has 0 aliphatic carbocycles. The van der Waals surface area contributed by atoms with Crippen molar-refractivity contribution in [2.45, 2.75) is 26.8 Å². The summed E-state index contributed by atoms with van der Waals surface area (Å²) in [5, 5.41) is 22.7. The molecule has 20 heavy (non-hydrogen) atoms. The fraction of sp³-hybridized carbons (Fsp3) is 0.385. The van der Waals surface area contributed by atoms with Crippen molar-refractivity contribution >= 4 is 23.1 Å². The number of carboxylic acid groups (broad SMARTS) is 1. The van der Waals surface area contributed by atoms with E-state index >= 15 is 0 Å². The molecule has 7 nitrogen and oxygen atoms in total. The van der Waals surface area contributed by atoms with Gasteiger partial charge in [-0.2, -0.15) is 0 Å². The number of hydrogen-bond acceptors (Lipinski definition) is 5. The fourth-order valence-corrected chi connectivity index (χ4v) is 1.76. The van der Waals surface area contributed by atoms with Crippen LogP contribution in [0.2, 0.25) is 0 Å². The molecular formula is C13H16N2O5. The van der Waals surface area contributed by atoms with Gasteiger partial charge in [-0.25, -0.2) is 4.79 Å². The van der Waals surface area contributed by atoms with Gasteiger partial charge in [-0.15, -0.1) is 0 Å². The number of carbonyl (C=O) groups is 2. The van der Waals surface area contributed by atoms with Crippen LogP contribution in [0.15, 0.2) is 18.2 Å². The van der Waals surface area contributed by atoms with E-state index in [4.69, 9.17) is 5.11 Å². The van der Waals surface area contributed by atoms with Gasteiger partial charge in [-0.3, -0.25) is 14.9 Å². The highest BCUT2D eigenvalue weighted by Gasteiger charge is 2.23. The number of hydrogen-bond donors (Lipinski definition) is 2. The molecule has 0 aliphatic heterocycles. The van der Waals surface area contributed by atoms with Gasteiger partial charge in [0, 0.05) is 11.8 Å². The van der Waals surface area contributed by atoms with E-state index in [9.17, 15) is 19.7 Å². The molecule has 0 heterocycles. The summed E-state index contributed by atoms with van der Waals surface area (Å²) in [7, 11) is 0. The maximum atomic E-state index is 11.4. The summed E-state index contributed by atoms with van der Waals surface area (Å²) >= 11 is 0. The van der Waals surface area contributed by atoms with Gasteiger partial charge >= 0.3 is 5.97 Å². The lowest BCUT2D eigenvalue weighted by Crippen LogP contribution is -2.34. The average Bonchev–Trinajstić information content (AvgIpc) is 2.34. The van der Waals surface area contributed by atoms with Crippen LogP contribution in [0.25, 0.3) is 0 Å². The largest absolute Gasteiger partial charge is 0.480 e. The molecule has 0 spiro atoms. The zero-order valence-corrected chi connectivity index (χ0v) is 11.4. The predicted octanol–water partition coefficient (Wildman–Crippen LogP) is 2.32. The molecule has 1 rings (SSSR count). The number of Topliss-reactive ketones (excluding diaryl/α,β-unsaturated/α-hetero) is 1. The number of ketones is 1. The van der Waals surface area contributed by atoms with Gasteiger partial charge in [0.05, 0.1) is 10.5 Å². The molecule has 2 N–H and O–H groups in total. The second-order valence-electron chi connectivity index (χ2n) is 4.75. The topological polar surface area (TPSA) is 110 Å². The second-order valence-corrected chi connectivity index (χ2v) is 4.75. The zero-order chi connectivity index (χ0) is 15.4. The van der Waals surface area contributed by atoms with Crippen LogP contribution in [0.1, 0.15) is 31.1 Å². The van der Waals surface area contributed by atoms with E-state index in [1.165, 1.54) is 25.1 Å². The molecule has 1 aromatic carbocycles. The smallest absolute Gasteiger partial charge is 0.326 e. The number of benzene rings is 1. The first kappa shape index (κ1) is 15.6. The zero-order valence-electron chi connectivity index (χ0n) is 11.4. The van der Waals surface area contributed by atoms with E-state index in [0.717, 1.165) is 0 Å². The van der Waals surface area contributed by atoms with Crippen molar-refractivity contribution in [1.29, 1.82) is 0 Å². The van der Waals surface area contributed by atoms with E-state index in [1.54, 1.807) is 13.8 Å². The van der Waals surface area contributed by atoms with E-state index in [-0.39, 0.29) is 17.2 Å². The summed E-state index contributed by atoms with van der Waals surface area (Å²) in [5.74, 6) is -1.65. The number of nitrogens with zero attached hydrogens (tertiary/aromatic N) is 1. The molecule has 0 saturated carbocycles. The SMILES string of the molecule is CC(=O)c1cc(N[C@@H](C(=O)O)C(C)C)ccc1[N+](=O)[O-]. The van der Waals surface area contributed by atoms with Crippen molar-refractivity contribution in [3.63, 3.8) is 0 Å². The minimum Gasteiger partial charge on any atom is -0.480 e. The van der Waals surface area contributed by atoms with Crippen LogP contribution in [-0.4, -0.2) is 27.8 Å². The summed E-state index contributed by atoms with van der Waals surface area (Å²) < 4.78 is 0. The Morgan fingerprint density at radius 3 is 2.35 bits per heavy atom. The molecule has 0 radical (unpaired) electrons. The van der Waals surface area contributed by atoms with Gasteiger partial charge < -0.3 is 10.4 Å². The molecular weight excluding hydrogens is 264 g/mol. The number of anilines is 1. The lowest BCUT2D eigenvalue weighted by Gasteiger charge is -2.19. The Kier molecular flexibility index (Phi) is 4.79. The van der Waals surface area contributed by atoms with Gasteiger partial charge in [0.15, 0.2) is 5.78 Å². The van der Waals surface area contributed by atoms with Crippen LogP contribution in [-0.2, 0) is 4.79 Å². The number of nitrogens with one attached hydrogen (secondary N) is 1. The van der Waals surface area contributed by atoms with E-state index in [2.05, 4.69) is 5.32 Å². The van der Waals surface area contributed by atoms with Crippen molar-refractivity contribution in [3.8, 4) is 0 Å². The normalized spacial score (nSPS) is 12.0. The van der Waals surface area contributed by atoms with Crippen LogP contribution in [0.4, 0.5) is 11.4 Å². The van der Waals surface area contributed by atoms with Crippen LogP contribution >= 0.6 is 0 Å². The van der Waals surface area contributed by atoms with Gasteiger partial charge in [-0.05, 0) is 25.0 Å². The van der Waals surface area contributed by atoms with Gasteiger partial charge in [0.2, 0.25) is 0 Å². The summed E-state index contributed by atoms with van der Waals surface area (Å²) in [6.45, 7) is 4.70. The Bertz CT molecular complexity index is 554. The Balaban J connectivity index is 3.15. The van der Waals surface area contributed by atoms with Crippen molar-refractivity contribution in [2.24, 2.45) is 5.92 Å². The molecule has 0 amide bonds. The predicted molar refractivity (Wildman–Crippen MR) is 73.0 cm³/mol. The molecule has 0 saturated heterocycles. The molecule has 1 atom stereocenters. The first-order valence-corrected chi connectivity index (χ1v) is 6.02. The third kappa shape index (κ3) is 3.53. The Morgan fingerprint density at radius 2 is 1.95 bits per heavy atom. The van der Waals surface area contributed by atoms with Crippen molar-refractivity contribution in [3.05, 3.63) is 33.9 Å². The van der Waals surface area contributed by atoms with E-state index < -0.39 is 22.7 Å². The molecule has 0 bridgehead atoms. The van der Waals surface area contributed by atoms with Gasteiger partial charge in [0.1, 0.15) is 6.04 Å². The van der Waals surface area contributed by atoms with Crippen molar-refractivity contribution in [1.82, 2.24) is 0 Å². The molecule has 0 aliphatic rings. The number of nitro benzene ring substituents is 1. The first-order chi connectivity index (χ1) is 9.23. The molecule has 7 heteroatoms. The summed E-state index contributed by atoms with van der Waals surface area (Å²) in [4.78, 5) is 32.7. The lowest BCUT2D eigenvalue weighted by atomic mass is 10.0. The Hall–Kier alpha value is -2.44.